The molecule has 0 spiro atoms. The predicted molar refractivity (Wildman–Crippen MR) is 364 cm³/mol. The van der Waals surface area contributed by atoms with Gasteiger partial charge in [0, 0.05) is 131 Å². The summed E-state index contributed by atoms with van der Waals surface area (Å²) >= 11 is 0. The minimum atomic E-state index is -0.583. The molecular formula is C82H78Co2N2O6Pd2+2. The number of carbonyl (C=O) groups is 2. The van der Waals surface area contributed by atoms with E-state index in [1.54, 1.807) is 0 Å². The molecule has 0 bridgehead atoms. The fraction of sp³-hybridized carbons (Fsp3) is 0.146. The van der Waals surface area contributed by atoms with Gasteiger partial charge < -0.3 is 19.7 Å². The predicted octanol–water partition coefficient (Wildman–Crippen LogP) is 15.2. The molecule has 488 valence electrons. The van der Waals surface area contributed by atoms with Gasteiger partial charge in [0.1, 0.15) is 13.2 Å². The van der Waals surface area contributed by atoms with Crippen LogP contribution in [0.5, 0.6) is 0 Å². The molecule has 4 fully saturated rings. The van der Waals surface area contributed by atoms with Gasteiger partial charge in [0.25, 0.3) is 0 Å². The Hall–Kier alpha value is -6.02. The van der Waals surface area contributed by atoms with Crippen LogP contribution in [0.2, 0.25) is 0 Å². The smallest absolute Gasteiger partial charge is 0.512 e. The van der Waals surface area contributed by atoms with Crippen LogP contribution in [-0.2, 0) is 93.5 Å². The zero-order valence-electron chi connectivity index (χ0n) is 53.3. The van der Waals surface area contributed by atoms with E-state index in [0.717, 1.165) is 36.8 Å². The van der Waals surface area contributed by atoms with Crippen LogP contribution < -0.4 is 0 Å². The molecule has 14 rings (SSSR count). The molecule has 20 radical (unpaired) electrons. The molecule has 8 aromatic rings. The van der Waals surface area contributed by atoms with E-state index in [9.17, 15) is 0 Å². The zero-order chi connectivity index (χ0) is 63.2. The summed E-state index contributed by atoms with van der Waals surface area (Å²) in [6.45, 7) is 12.5. The standard InChI is InChI=1S/2C28H20.2C11H14NO.2C2H4O2.2Co.2Pd/c2*1-5-13-21(14-6-1)25-26(22-15-7-2-8-16-22)28(24-19-11-4-12-20-24)27(25)23-17-9-3-10-18-23;2*1-8(2)10-7-13-11(12-10)9-5-3-4-6-9;2*1-2(3)4;;;;/h2*1-20H;2*3-6,8,10H,7H2,1-2H3;2*1H3,(H,3,4);;;;/p+2/t;;2*10-;;;;;;/m..11....../s1. The van der Waals surface area contributed by atoms with E-state index in [-0.39, 0.29) is 74.4 Å². The van der Waals surface area contributed by atoms with Crippen molar-refractivity contribution < 1.29 is 104 Å². The second-order valence-corrected chi connectivity index (χ2v) is 22.5. The van der Waals surface area contributed by atoms with Crippen molar-refractivity contribution in [1.82, 2.24) is 0 Å². The SMILES string of the molecule is CC(=O)[OH2+].CC(=O)[OH2+].CC(C)[C@H]1COC([C]2[CH][CH][CH][CH]2)=N1.CC(C)[C@H]1COC([C]2[CH][CH][CH][CH]2)=N1.[Co].[Co].[Pd].[Pd].c1ccc([C]2[C](c3ccccc3)[C](c3ccccc3)[C]2c2ccccc2)cc1.c1ccc([C]2[C](c3ccccc3)[C](c3ccccc3)[C]2c2ccccc2)cc1. The number of aliphatic imine (C=N–C) groups is 2. The van der Waals surface area contributed by atoms with Crippen molar-refractivity contribution in [2.75, 3.05) is 13.2 Å². The Balaban J connectivity index is 0.000000226. The van der Waals surface area contributed by atoms with Crippen LogP contribution in [0.3, 0.4) is 0 Å². The van der Waals surface area contributed by atoms with E-state index in [1.807, 2.05) is 51.4 Å². The van der Waals surface area contributed by atoms with Crippen molar-refractivity contribution in [3.8, 4) is 0 Å². The van der Waals surface area contributed by atoms with Gasteiger partial charge in [0.15, 0.2) is 11.8 Å². The van der Waals surface area contributed by atoms with Crippen molar-refractivity contribution in [2.24, 2.45) is 21.8 Å². The molecule has 6 aliphatic rings. The van der Waals surface area contributed by atoms with Crippen LogP contribution in [0.4, 0.5) is 0 Å². The Kier molecular flexibility index (Phi) is 33.9. The largest absolute Gasteiger partial charge is 0.565 e. The molecule has 0 amide bonds. The Morgan fingerprint density at radius 1 is 0.330 bits per heavy atom. The average molecular weight is 1520 g/mol. The van der Waals surface area contributed by atoms with Gasteiger partial charge in [-0.1, -0.05) is 270 Å². The maximum Gasteiger partial charge on any atom is 0.512 e. The molecule has 2 aliphatic heterocycles. The van der Waals surface area contributed by atoms with E-state index in [2.05, 4.69) is 280 Å². The van der Waals surface area contributed by atoms with Gasteiger partial charge in [-0.15, -0.1) is 0 Å². The number of benzene rings is 8. The molecule has 0 unspecified atom stereocenters. The van der Waals surface area contributed by atoms with Crippen LogP contribution in [0.25, 0.3) is 0 Å². The Morgan fingerprint density at radius 3 is 0.606 bits per heavy atom. The summed E-state index contributed by atoms with van der Waals surface area (Å²) in [6, 6.07) is 86.6. The van der Waals surface area contributed by atoms with Gasteiger partial charge in [-0.3, -0.25) is 0 Å². The van der Waals surface area contributed by atoms with Crippen LogP contribution in [0, 0.1) is 122 Å². The third kappa shape index (κ3) is 21.5. The van der Waals surface area contributed by atoms with Crippen molar-refractivity contribution in [3.63, 3.8) is 0 Å². The average Bonchev–Trinajstić information content (AvgIpc) is 0.885. The minimum absolute atomic E-state index is 0. The van der Waals surface area contributed by atoms with E-state index in [0.29, 0.717) is 23.9 Å². The quantitative estimate of drug-likeness (QED) is 0.0893. The Bertz CT molecular complexity index is 2850. The summed E-state index contributed by atoms with van der Waals surface area (Å²) in [7, 11) is 0. The molecule has 4 saturated carbocycles. The number of hydrogen-bond donors (Lipinski definition) is 0. The van der Waals surface area contributed by atoms with Gasteiger partial charge in [0.05, 0.1) is 37.8 Å². The normalized spacial score (nSPS) is 18.2. The maximum absolute atomic E-state index is 9.11. The van der Waals surface area contributed by atoms with E-state index in [4.69, 9.17) is 29.3 Å². The first-order chi connectivity index (χ1) is 43.9. The van der Waals surface area contributed by atoms with Gasteiger partial charge in [0.2, 0.25) is 0 Å². The first-order valence-corrected chi connectivity index (χ1v) is 30.6. The van der Waals surface area contributed by atoms with Crippen molar-refractivity contribution in [3.05, 3.63) is 398 Å². The van der Waals surface area contributed by atoms with E-state index >= 15 is 0 Å². The molecule has 4 N–H and O–H groups in total. The topological polar surface area (TPSA) is 123 Å². The molecule has 8 aromatic carbocycles. The third-order valence-corrected chi connectivity index (χ3v) is 15.2. The third-order valence-electron chi connectivity index (χ3n) is 15.2. The summed E-state index contributed by atoms with van der Waals surface area (Å²) in [5.74, 6) is 14.4. The molecule has 8 nitrogen and oxygen atoms in total. The second kappa shape index (κ2) is 40.5. The zero-order valence-corrected chi connectivity index (χ0v) is 58.5. The van der Waals surface area contributed by atoms with Gasteiger partial charge >= 0.3 is 11.9 Å². The molecule has 2 atom stereocenters. The Morgan fingerprint density at radius 2 is 0.479 bits per heavy atom. The number of rotatable bonds is 12. The van der Waals surface area contributed by atoms with Crippen LogP contribution in [-0.4, -0.2) is 59.2 Å². The van der Waals surface area contributed by atoms with E-state index in [1.165, 1.54) is 106 Å². The first kappa shape index (κ1) is 78.7. The summed E-state index contributed by atoms with van der Waals surface area (Å²) in [5, 5.41) is 11.9. The fourth-order valence-corrected chi connectivity index (χ4v) is 10.8. The number of hydrogen-bond acceptors (Lipinski definition) is 6. The summed E-state index contributed by atoms with van der Waals surface area (Å²) in [5.41, 5.74) is 10.1. The maximum atomic E-state index is 9.11. The molecular weight excluding hydrogens is 1440 g/mol. The van der Waals surface area contributed by atoms with Crippen molar-refractivity contribution in [1.29, 1.82) is 0 Å². The number of nitrogens with zero attached hydrogens (tertiary/aromatic N) is 2. The molecule has 2 heterocycles. The van der Waals surface area contributed by atoms with Crippen LogP contribution in [0.1, 0.15) is 86.1 Å². The fourth-order valence-electron chi connectivity index (χ4n) is 10.8. The summed E-state index contributed by atoms with van der Waals surface area (Å²) in [4.78, 5) is 27.3. The van der Waals surface area contributed by atoms with Gasteiger partial charge in [-0.25, -0.2) is 9.98 Å². The summed E-state index contributed by atoms with van der Waals surface area (Å²) < 4.78 is 11.0. The number of ether oxygens (including phenoxy) is 2. The summed E-state index contributed by atoms with van der Waals surface area (Å²) in [6.07, 6.45) is 16.1. The molecule has 94 heavy (non-hydrogen) atoms. The van der Waals surface area contributed by atoms with Crippen LogP contribution >= 0.6 is 0 Å². The van der Waals surface area contributed by atoms with Crippen LogP contribution in [0.15, 0.2) is 253 Å². The van der Waals surface area contributed by atoms with Gasteiger partial charge in [-0.2, -0.15) is 0 Å². The monoisotopic (exact) mass is 1520 g/mol. The Labute approximate surface area is 608 Å². The molecule has 0 saturated heterocycles. The molecule has 4 aliphatic carbocycles. The molecule has 0 aromatic heterocycles. The second-order valence-electron chi connectivity index (χ2n) is 22.5. The minimum Gasteiger partial charge on any atom is -0.565 e. The molecule has 12 heteroatoms. The van der Waals surface area contributed by atoms with Crippen molar-refractivity contribution >= 4 is 23.7 Å². The van der Waals surface area contributed by atoms with Crippen molar-refractivity contribution in [2.45, 2.75) is 53.6 Å². The van der Waals surface area contributed by atoms with Gasteiger partial charge in [-0.05, 0) is 108 Å². The number of carbonyl (C=O) groups excluding carboxylic acids is 2. The first-order valence-electron chi connectivity index (χ1n) is 30.6. The van der Waals surface area contributed by atoms with E-state index < -0.39 is 11.9 Å².